The average Bonchev–Trinajstić information content (AvgIpc) is 3.47. The molecule has 5 rings (SSSR count). The van der Waals surface area contributed by atoms with E-state index in [2.05, 4.69) is 97.5 Å². The molecular weight excluding hydrogens is 522 g/mol. The summed E-state index contributed by atoms with van der Waals surface area (Å²) in [6, 6.07) is 22.3. The van der Waals surface area contributed by atoms with Crippen molar-refractivity contribution < 1.29 is 5.21 Å². The molecule has 0 amide bonds. The van der Waals surface area contributed by atoms with Crippen LogP contribution >= 0.6 is 0 Å². The molecule has 2 aromatic carbocycles. The van der Waals surface area contributed by atoms with Crippen molar-refractivity contribution in [1.82, 2.24) is 30.6 Å². The van der Waals surface area contributed by atoms with Gasteiger partial charge in [-0.25, -0.2) is 15.4 Å². The Hall–Kier alpha value is -3.30. The molecule has 8 nitrogen and oxygen atoms in total. The minimum absolute atomic E-state index is 0.143. The van der Waals surface area contributed by atoms with Crippen LogP contribution in [-0.2, 0) is 6.54 Å². The van der Waals surface area contributed by atoms with E-state index in [1.54, 1.807) is 6.33 Å². The molecule has 0 radical (unpaired) electrons. The van der Waals surface area contributed by atoms with Crippen molar-refractivity contribution in [2.24, 2.45) is 0 Å². The summed E-state index contributed by atoms with van der Waals surface area (Å²) in [4.78, 5) is 15.1. The molecule has 0 unspecified atom stereocenters. The van der Waals surface area contributed by atoms with Gasteiger partial charge in [0.2, 0.25) is 0 Å². The fourth-order valence-electron chi connectivity index (χ4n) is 5.93. The number of aromatic nitrogens is 3. The van der Waals surface area contributed by atoms with Crippen LogP contribution in [-0.4, -0.2) is 57.3 Å². The van der Waals surface area contributed by atoms with Crippen LogP contribution < -0.4 is 16.1 Å². The normalized spacial score (nSPS) is 15.3. The second-order valence-corrected chi connectivity index (χ2v) is 11.7. The number of nitrogens with zero attached hydrogens (tertiary/aromatic N) is 3. The van der Waals surface area contributed by atoms with Crippen molar-refractivity contribution in [3.05, 3.63) is 78.1 Å². The third kappa shape index (κ3) is 8.61. The fraction of sp³-hybridized carbons (Fsp3) is 0.471. The summed E-state index contributed by atoms with van der Waals surface area (Å²) in [5.74, 6) is 0.844. The number of aromatic amines is 1. The Morgan fingerprint density at radius 1 is 0.905 bits per heavy atom. The van der Waals surface area contributed by atoms with Gasteiger partial charge in [0.15, 0.2) is 0 Å². The third-order valence-electron chi connectivity index (χ3n) is 8.49. The van der Waals surface area contributed by atoms with E-state index in [0.717, 1.165) is 60.7 Å². The molecule has 224 valence electrons. The molecule has 0 bridgehead atoms. The van der Waals surface area contributed by atoms with Crippen molar-refractivity contribution in [2.75, 3.05) is 31.5 Å². The average molecular weight is 570 g/mol. The SMILES string of the molecule is C[C@@H](Nc1ncnc2[nH]c(-c3ccc(CN4CCC(NCCCCCCCCNO)CC4)cc3)cc12)c1ccccc1. The number of piperidine rings is 1. The van der Waals surface area contributed by atoms with E-state index in [1.165, 1.54) is 56.1 Å². The Kier molecular flexibility index (Phi) is 11.3. The lowest BCUT2D eigenvalue weighted by molar-refractivity contribution is 0.164. The number of fused-ring (bicyclic) bond motifs is 1. The van der Waals surface area contributed by atoms with Crippen LogP contribution in [0.4, 0.5) is 5.82 Å². The van der Waals surface area contributed by atoms with Crippen LogP contribution in [0.15, 0.2) is 67.0 Å². The molecular formula is C34H47N7O. The highest BCUT2D eigenvalue weighted by Crippen LogP contribution is 2.29. The zero-order valence-corrected chi connectivity index (χ0v) is 25.0. The maximum absolute atomic E-state index is 8.61. The maximum atomic E-state index is 8.61. The Morgan fingerprint density at radius 2 is 1.62 bits per heavy atom. The van der Waals surface area contributed by atoms with Crippen molar-refractivity contribution in [3.8, 4) is 11.3 Å². The number of nitrogens with one attached hydrogen (secondary N) is 4. The van der Waals surface area contributed by atoms with Gasteiger partial charge in [-0.3, -0.25) is 4.90 Å². The lowest BCUT2D eigenvalue weighted by atomic mass is 10.0. The molecule has 1 atom stereocenters. The van der Waals surface area contributed by atoms with Gasteiger partial charge in [-0.1, -0.05) is 80.3 Å². The highest BCUT2D eigenvalue weighted by atomic mass is 16.5. The zero-order valence-electron chi connectivity index (χ0n) is 25.0. The van der Waals surface area contributed by atoms with Gasteiger partial charge in [0.1, 0.15) is 17.8 Å². The summed E-state index contributed by atoms with van der Waals surface area (Å²) in [6.45, 7) is 7.29. The quantitative estimate of drug-likeness (QED) is 0.0759. The van der Waals surface area contributed by atoms with E-state index < -0.39 is 0 Å². The fourth-order valence-corrected chi connectivity index (χ4v) is 5.93. The topological polar surface area (TPSA) is 101 Å². The number of benzene rings is 2. The number of H-pyrrole nitrogens is 1. The van der Waals surface area contributed by atoms with Crippen LogP contribution in [0.25, 0.3) is 22.3 Å². The standard InChI is InChI=1S/C34H47N7O/c1-26(28-11-7-6-8-12-28)39-33-31-23-32(40-34(31)37-25-36-33)29-15-13-27(14-16-29)24-41-21-17-30(18-22-41)35-19-9-4-2-3-5-10-20-38-42/h6-8,11-16,23,25-26,30,35,38,42H,2-5,9-10,17-22,24H2,1H3,(H2,36,37,39,40)/t26-/m1/s1. The van der Waals surface area contributed by atoms with E-state index >= 15 is 0 Å². The van der Waals surface area contributed by atoms with Crippen LogP contribution in [0.5, 0.6) is 0 Å². The third-order valence-corrected chi connectivity index (χ3v) is 8.49. The van der Waals surface area contributed by atoms with Crippen LogP contribution in [0.2, 0.25) is 0 Å². The van der Waals surface area contributed by atoms with Gasteiger partial charge in [0, 0.05) is 30.9 Å². The van der Waals surface area contributed by atoms with Crippen LogP contribution in [0.1, 0.15) is 75.5 Å². The molecule has 42 heavy (non-hydrogen) atoms. The first-order chi connectivity index (χ1) is 20.7. The molecule has 8 heteroatoms. The molecule has 0 saturated carbocycles. The van der Waals surface area contributed by atoms with E-state index in [0.29, 0.717) is 12.6 Å². The Morgan fingerprint density at radius 3 is 2.36 bits per heavy atom. The summed E-state index contributed by atoms with van der Waals surface area (Å²) in [6.07, 6.45) is 11.5. The van der Waals surface area contributed by atoms with Crippen molar-refractivity contribution in [1.29, 1.82) is 0 Å². The molecule has 0 aliphatic carbocycles. The molecule has 2 aromatic heterocycles. The number of unbranched alkanes of at least 4 members (excludes halogenated alkanes) is 5. The monoisotopic (exact) mass is 569 g/mol. The minimum Gasteiger partial charge on any atom is -0.363 e. The Bertz CT molecular complexity index is 1330. The van der Waals surface area contributed by atoms with Gasteiger partial charge in [-0.05, 0) is 75.0 Å². The largest absolute Gasteiger partial charge is 0.363 e. The highest BCUT2D eigenvalue weighted by molar-refractivity contribution is 5.91. The van der Waals surface area contributed by atoms with Gasteiger partial charge < -0.3 is 20.8 Å². The van der Waals surface area contributed by atoms with Gasteiger partial charge >= 0.3 is 0 Å². The van der Waals surface area contributed by atoms with E-state index in [9.17, 15) is 0 Å². The van der Waals surface area contributed by atoms with Gasteiger partial charge in [-0.15, -0.1) is 0 Å². The zero-order chi connectivity index (χ0) is 29.0. The molecule has 1 aliphatic heterocycles. The predicted octanol–water partition coefficient (Wildman–Crippen LogP) is 6.67. The van der Waals surface area contributed by atoms with Gasteiger partial charge in [0.25, 0.3) is 0 Å². The summed E-state index contributed by atoms with van der Waals surface area (Å²) in [5, 5.41) is 17.0. The Labute approximate surface area is 250 Å². The number of hydrogen-bond acceptors (Lipinski definition) is 7. The predicted molar refractivity (Wildman–Crippen MR) is 172 cm³/mol. The summed E-state index contributed by atoms with van der Waals surface area (Å²) in [7, 11) is 0. The number of hydrogen-bond donors (Lipinski definition) is 5. The van der Waals surface area contributed by atoms with E-state index in [4.69, 9.17) is 5.21 Å². The Balaban J connectivity index is 1.06. The molecule has 3 heterocycles. The second kappa shape index (κ2) is 15.8. The van der Waals surface area contributed by atoms with Gasteiger partial charge in [0.05, 0.1) is 5.39 Å². The van der Waals surface area contributed by atoms with Crippen molar-refractivity contribution >= 4 is 16.9 Å². The number of anilines is 1. The van der Waals surface area contributed by atoms with Crippen molar-refractivity contribution in [3.63, 3.8) is 0 Å². The lowest BCUT2D eigenvalue weighted by Crippen LogP contribution is -2.42. The highest BCUT2D eigenvalue weighted by Gasteiger charge is 2.19. The first kappa shape index (κ1) is 30.2. The van der Waals surface area contributed by atoms with E-state index in [1.807, 2.05) is 6.07 Å². The van der Waals surface area contributed by atoms with E-state index in [-0.39, 0.29) is 6.04 Å². The summed E-state index contributed by atoms with van der Waals surface area (Å²) in [5.41, 5.74) is 7.87. The minimum atomic E-state index is 0.143. The molecule has 5 N–H and O–H groups in total. The molecule has 1 saturated heterocycles. The first-order valence-corrected chi connectivity index (χ1v) is 15.8. The smallest absolute Gasteiger partial charge is 0.143 e. The molecule has 1 fully saturated rings. The summed E-state index contributed by atoms with van der Waals surface area (Å²) < 4.78 is 0. The molecule has 0 spiro atoms. The van der Waals surface area contributed by atoms with Crippen molar-refractivity contribution in [2.45, 2.75) is 76.9 Å². The molecule has 4 aromatic rings. The van der Waals surface area contributed by atoms with Crippen LogP contribution in [0.3, 0.4) is 0 Å². The maximum Gasteiger partial charge on any atom is 0.143 e. The number of hydroxylamine groups is 1. The number of likely N-dealkylation sites (tertiary alicyclic amines) is 1. The lowest BCUT2D eigenvalue weighted by Gasteiger charge is -2.32. The second-order valence-electron chi connectivity index (χ2n) is 11.7. The van der Waals surface area contributed by atoms with Crippen LogP contribution in [0, 0.1) is 0 Å². The number of rotatable bonds is 16. The first-order valence-electron chi connectivity index (χ1n) is 15.8. The van der Waals surface area contributed by atoms with Gasteiger partial charge in [-0.2, -0.15) is 0 Å². The summed E-state index contributed by atoms with van der Waals surface area (Å²) >= 11 is 0. The molecule has 1 aliphatic rings.